The molecule has 0 atom stereocenters. The Hall–Kier alpha value is -1.88. The van der Waals surface area contributed by atoms with Gasteiger partial charge in [0.1, 0.15) is 11.3 Å². The highest BCUT2D eigenvalue weighted by Gasteiger charge is 2.20. The van der Waals surface area contributed by atoms with Crippen LogP contribution >= 0.6 is 11.6 Å². The number of anilines is 1. The minimum Gasteiger partial charge on any atom is -0.361 e. The van der Waals surface area contributed by atoms with E-state index in [9.17, 15) is 9.18 Å². The van der Waals surface area contributed by atoms with Crippen LogP contribution in [0.1, 0.15) is 28.7 Å². The SMILES string of the molecule is CCc1noc(C)c1C(=O)Nc1cccc(Cl)c1F. The Morgan fingerprint density at radius 1 is 1.53 bits per heavy atom. The summed E-state index contributed by atoms with van der Waals surface area (Å²) in [4.78, 5) is 12.1. The second-order valence-electron chi connectivity index (χ2n) is 3.97. The topological polar surface area (TPSA) is 55.1 Å². The quantitative estimate of drug-likeness (QED) is 0.936. The molecule has 4 nitrogen and oxygen atoms in total. The fourth-order valence-electron chi connectivity index (χ4n) is 1.74. The third kappa shape index (κ3) is 2.61. The number of rotatable bonds is 3. The molecule has 2 rings (SSSR count). The highest BCUT2D eigenvalue weighted by atomic mass is 35.5. The van der Waals surface area contributed by atoms with Gasteiger partial charge in [-0.1, -0.05) is 29.7 Å². The summed E-state index contributed by atoms with van der Waals surface area (Å²) < 4.78 is 18.7. The molecule has 0 saturated carbocycles. The fourth-order valence-corrected chi connectivity index (χ4v) is 1.91. The normalized spacial score (nSPS) is 10.5. The molecule has 1 heterocycles. The predicted octanol–water partition coefficient (Wildman–Crippen LogP) is 3.59. The largest absolute Gasteiger partial charge is 0.361 e. The molecular formula is C13H12ClFN2O2. The van der Waals surface area contributed by atoms with Crippen LogP contribution in [0.15, 0.2) is 22.7 Å². The van der Waals surface area contributed by atoms with Gasteiger partial charge in [-0.25, -0.2) is 4.39 Å². The minimum absolute atomic E-state index is 0.0279. The smallest absolute Gasteiger partial charge is 0.261 e. The summed E-state index contributed by atoms with van der Waals surface area (Å²) in [6.07, 6.45) is 0.554. The molecule has 0 aliphatic carbocycles. The van der Waals surface area contributed by atoms with Crippen molar-refractivity contribution < 1.29 is 13.7 Å². The van der Waals surface area contributed by atoms with E-state index >= 15 is 0 Å². The van der Waals surface area contributed by atoms with Gasteiger partial charge in [0.2, 0.25) is 0 Å². The number of nitrogens with one attached hydrogen (secondary N) is 1. The molecule has 19 heavy (non-hydrogen) atoms. The predicted molar refractivity (Wildman–Crippen MR) is 70.0 cm³/mol. The van der Waals surface area contributed by atoms with E-state index in [-0.39, 0.29) is 10.7 Å². The van der Waals surface area contributed by atoms with Crippen LogP contribution < -0.4 is 5.32 Å². The summed E-state index contributed by atoms with van der Waals surface area (Å²) in [7, 11) is 0. The maximum atomic E-state index is 13.7. The third-order valence-corrected chi connectivity index (χ3v) is 2.99. The van der Waals surface area contributed by atoms with E-state index in [0.29, 0.717) is 23.4 Å². The Bertz CT molecular complexity index is 625. The zero-order valence-corrected chi connectivity index (χ0v) is 11.2. The van der Waals surface area contributed by atoms with Crippen LogP contribution in [0.25, 0.3) is 0 Å². The molecular weight excluding hydrogens is 271 g/mol. The average molecular weight is 283 g/mol. The van der Waals surface area contributed by atoms with Crippen molar-refractivity contribution in [1.29, 1.82) is 0 Å². The van der Waals surface area contributed by atoms with Crippen LogP contribution in [0, 0.1) is 12.7 Å². The molecule has 100 valence electrons. The van der Waals surface area contributed by atoms with Crippen LogP contribution in [0.4, 0.5) is 10.1 Å². The molecule has 1 aromatic carbocycles. The molecule has 6 heteroatoms. The van der Waals surface area contributed by atoms with Crippen LogP contribution in [-0.4, -0.2) is 11.1 Å². The van der Waals surface area contributed by atoms with Crippen molar-refractivity contribution in [3.05, 3.63) is 46.1 Å². The molecule has 0 spiro atoms. The first kappa shape index (κ1) is 13.5. The number of halogens is 2. The maximum absolute atomic E-state index is 13.7. The van der Waals surface area contributed by atoms with Crippen molar-refractivity contribution in [3.63, 3.8) is 0 Å². The molecule has 0 radical (unpaired) electrons. The highest BCUT2D eigenvalue weighted by Crippen LogP contribution is 2.23. The Labute approximate surface area is 114 Å². The van der Waals surface area contributed by atoms with Gasteiger partial charge in [-0.2, -0.15) is 0 Å². The molecule has 1 N–H and O–H groups in total. The third-order valence-electron chi connectivity index (χ3n) is 2.70. The molecule has 1 amide bonds. The zero-order chi connectivity index (χ0) is 14.0. The van der Waals surface area contributed by atoms with Gasteiger partial charge >= 0.3 is 0 Å². The lowest BCUT2D eigenvalue weighted by atomic mass is 10.1. The van der Waals surface area contributed by atoms with Crippen molar-refractivity contribution in [2.75, 3.05) is 5.32 Å². The molecule has 0 aliphatic rings. The standard InChI is InChI=1S/C13H12ClFN2O2/c1-3-9-11(7(2)19-17-9)13(18)16-10-6-4-5-8(14)12(10)15/h4-6H,3H2,1-2H3,(H,16,18). The van der Waals surface area contributed by atoms with Crippen LogP contribution in [0.5, 0.6) is 0 Å². The Balaban J connectivity index is 2.31. The van der Waals surface area contributed by atoms with E-state index in [1.54, 1.807) is 13.0 Å². The maximum Gasteiger partial charge on any atom is 0.261 e. The van der Waals surface area contributed by atoms with E-state index in [1.807, 2.05) is 6.92 Å². The number of nitrogens with zero attached hydrogens (tertiary/aromatic N) is 1. The lowest BCUT2D eigenvalue weighted by Crippen LogP contribution is -2.15. The summed E-state index contributed by atoms with van der Waals surface area (Å²) in [5, 5.41) is 6.21. The minimum atomic E-state index is -0.662. The number of benzene rings is 1. The molecule has 0 fully saturated rings. The van der Waals surface area contributed by atoms with E-state index in [1.165, 1.54) is 12.1 Å². The number of hydrogen-bond acceptors (Lipinski definition) is 3. The first-order valence-corrected chi connectivity index (χ1v) is 6.13. The van der Waals surface area contributed by atoms with Gasteiger partial charge < -0.3 is 9.84 Å². The second-order valence-corrected chi connectivity index (χ2v) is 4.38. The van der Waals surface area contributed by atoms with E-state index in [2.05, 4.69) is 10.5 Å². The molecule has 0 saturated heterocycles. The molecule has 0 bridgehead atoms. The van der Waals surface area contributed by atoms with Gasteiger partial charge in [0, 0.05) is 0 Å². The Morgan fingerprint density at radius 3 is 2.95 bits per heavy atom. The lowest BCUT2D eigenvalue weighted by molar-refractivity contribution is 0.102. The van der Waals surface area contributed by atoms with Crippen molar-refractivity contribution in [2.45, 2.75) is 20.3 Å². The van der Waals surface area contributed by atoms with Gasteiger partial charge in [0.05, 0.1) is 16.4 Å². The zero-order valence-electron chi connectivity index (χ0n) is 10.5. The van der Waals surface area contributed by atoms with Gasteiger partial charge in [-0.05, 0) is 25.5 Å². The molecule has 1 aromatic heterocycles. The molecule has 0 unspecified atom stereocenters. The fraction of sp³-hybridized carbons (Fsp3) is 0.231. The number of amides is 1. The number of carbonyl (C=O) groups is 1. The van der Waals surface area contributed by atoms with Crippen molar-refractivity contribution in [2.24, 2.45) is 0 Å². The van der Waals surface area contributed by atoms with Crippen molar-refractivity contribution in [3.8, 4) is 0 Å². The summed E-state index contributed by atoms with van der Waals surface area (Å²) in [6, 6.07) is 4.41. The number of aromatic nitrogens is 1. The number of aryl methyl sites for hydroxylation is 2. The molecule has 2 aromatic rings. The monoisotopic (exact) mass is 282 g/mol. The second kappa shape index (κ2) is 5.40. The number of hydrogen-bond donors (Lipinski definition) is 1. The van der Waals surface area contributed by atoms with Crippen LogP contribution in [0.3, 0.4) is 0 Å². The summed E-state index contributed by atoms with van der Waals surface area (Å²) in [5.41, 5.74) is 0.902. The highest BCUT2D eigenvalue weighted by molar-refractivity contribution is 6.31. The summed E-state index contributed by atoms with van der Waals surface area (Å²) in [6.45, 7) is 3.49. The Kier molecular flexibility index (Phi) is 3.85. The Morgan fingerprint density at radius 2 is 2.26 bits per heavy atom. The summed E-state index contributed by atoms with van der Waals surface area (Å²) in [5.74, 6) is -0.724. The van der Waals surface area contributed by atoms with Gasteiger partial charge in [-0.15, -0.1) is 0 Å². The first-order chi connectivity index (χ1) is 9.04. The van der Waals surface area contributed by atoms with E-state index in [4.69, 9.17) is 16.1 Å². The number of carbonyl (C=O) groups excluding carboxylic acids is 1. The first-order valence-electron chi connectivity index (χ1n) is 5.75. The van der Waals surface area contributed by atoms with E-state index < -0.39 is 11.7 Å². The lowest BCUT2D eigenvalue weighted by Gasteiger charge is -2.07. The average Bonchev–Trinajstić information content (AvgIpc) is 2.76. The van der Waals surface area contributed by atoms with Crippen molar-refractivity contribution >= 4 is 23.2 Å². The van der Waals surface area contributed by atoms with Gasteiger partial charge in [0.25, 0.3) is 5.91 Å². The van der Waals surface area contributed by atoms with Gasteiger partial charge in [0.15, 0.2) is 5.82 Å². The van der Waals surface area contributed by atoms with E-state index in [0.717, 1.165) is 0 Å². The van der Waals surface area contributed by atoms with Crippen LogP contribution in [0.2, 0.25) is 5.02 Å². The summed E-state index contributed by atoms with van der Waals surface area (Å²) >= 11 is 5.65. The van der Waals surface area contributed by atoms with Crippen molar-refractivity contribution in [1.82, 2.24) is 5.16 Å². The van der Waals surface area contributed by atoms with Crippen LogP contribution in [-0.2, 0) is 6.42 Å². The molecule has 0 aliphatic heterocycles. The van der Waals surface area contributed by atoms with Gasteiger partial charge in [-0.3, -0.25) is 4.79 Å².